The van der Waals surface area contributed by atoms with Gasteiger partial charge in [0.25, 0.3) is 0 Å². The number of nitrogens with zero attached hydrogens (tertiary/aromatic N) is 1. The highest BCUT2D eigenvalue weighted by molar-refractivity contribution is 5.69. The van der Waals surface area contributed by atoms with Gasteiger partial charge in [-0.05, 0) is 42.8 Å². The molecular formula is C14H13N3. The van der Waals surface area contributed by atoms with Crippen LogP contribution in [0.1, 0.15) is 11.1 Å². The van der Waals surface area contributed by atoms with E-state index in [1.807, 2.05) is 49.4 Å². The zero-order chi connectivity index (χ0) is 12.3. The summed E-state index contributed by atoms with van der Waals surface area (Å²) >= 11 is 0. The van der Waals surface area contributed by atoms with E-state index >= 15 is 0 Å². The zero-order valence-corrected chi connectivity index (χ0v) is 9.57. The number of hydrogen-bond acceptors (Lipinski definition) is 3. The summed E-state index contributed by atoms with van der Waals surface area (Å²) in [6.07, 6.45) is 0. The minimum atomic E-state index is 0.623. The average Bonchev–Trinajstić information content (AvgIpc) is 2.29. The van der Waals surface area contributed by atoms with Crippen LogP contribution in [0.4, 0.5) is 17.1 Å². The van der Waals surface area contributed by atoms with E-state index in [-0.39, 0.29) is 0 Å². The molecule has 3 nitrogen and oxygen atoms in total. The highest BCUT2D eigenvalue weighted by Gasteiger charge is 2.02. The minimum absolute atomic E-state index is 0.623. The summed E-state index contributed by atoms with van der Waals surface area (Å²) in [4.78, 5) is 0. The maximum atomic E-state index is 9.03. The molecule has 3 heteroatoms. The fourth-order valence-corrected chi connectivity index (χ4v) is 1.63. The average molecular weight is 223 g/mol. The molecule has 0 radical (unpaired) electrons. The van der Waals surface area contributed by atoms with E-state index < -0.39 is 0 Å². The number of benzene rings is 2. The predicted molar refractivity (Wildman–Crippen MR) is 70.0 cm³/mol. The number of hydrogen-bond donors (Lipinski definition) is 2. The van der Waals surface area contributed by atoms with Gasteiger partial charge in [0.05, 0.1) is 11.3 Å². The first-order valence-electron chi connectivity index (χ1n) is 5.32. The van der Waals surface area contributed by atoms with Gasteiger partial charge in [0.15, 0.2) is 0 Å². The van der Waals surface area contributed by atoms with Gasteiger partial charge in [-0.2, -0.15) is 5.26 Å². The van der Waals surface area contributed by atoms with Gasteiger partial charge >= 0.3 is 0 Å². The molecule has 0 saturated carbocycles. The van der Waals surface area contributed by atoms with Crippen LogP contribution >= 0.6 is 0 Å². The SMILES string of the molecule is Cc1ccc(C#N)c(Nc2cccc(N)c2)c1. The van der Waals surface area contributed by atoms with E-state index in [0.717, 1.165) is 16.9 Å². The Morgan fingerprint density at radius 1 is 1.18 bits per heavy atom. The Hall–Kier alpha value is -2.47. The van der Waals surface area contributed by atoms with Crippen LogP contribution in [0.2, 0.25) is 0 Å². The monoisotopic (exact) mass is 223 g/mol. The number of anilines is 3. The van der Waals surface area contributed by atoms with E-state index in [9.17, 15) is 0 Å². The Kier molecular flexibility index (Phi) is 2.97. The highest BCUT2D eigenvalue weighted by atomic mass is 14.9. The molecule has 0 heterocycles. The largest absolute Gasteiger partial charge is 0.399 e. The van der Waals surface area contributed by atoms with Crippen molar-refractivity contribution in [3.05, 3.63) is 53.6 Å². The van der Waals surface area contributed by atoms with Gasteiger partial charge in [0.1, 0.15) is 6.07 Å². The van der Waals surface area contributed by atoms with Crippen LogP contribution in [0.5, 0.6) is 0 Å². The Labute approximate surface area is 101 Å². The van der Waals surface area contributed by atoms with Crippen molar-refractivity contribution in [1.29, 1.82) is 5.26 Å². The second kappa shape index (κ2) is 4.58. The number of aryl methyl sites for hydroxylation is 1. The van der Waals surface area contributed by atoms with Crippen molar-refractivity contribution in [2.45, 2.75) is 6.92 Å². The molecule has 0 aliphatic rings. The third-order valence-corrected chi connectivity index (χ3v) is 2.46. The normalized spacial score (nSPS) is 9.65. The molecular weight excluding hydrogens is 210 g/mol. The van der Waals surface area contributed by atoms with Crippen molar-refractivity contribution in [3.63, 3.8) is 0 Å². The van der Waals surface area contributed by atoms with E-state index in [0.29, 0.717) is 11.3 Å². The summed E-state index contributed by atoms with van der Waals surface area (Å²) < 4.78 is 0. The van der Waals surface area contributed by atoms with Crippen LogP contribution in [0.25, 0.3) is 0 Å². The lowest BCUT2D eigenvalue weighted by Crippen LogP contribution is -1.95. The predicted octanol–water partition coefficient (Wildman–Crippen LogP) is 3.19. The lowest BCUT2D eigenvalue weighted by Gasteiger charge is -2.09. The highest BCUT2D eigenvalue weighted by Crippen LogP contribution is 2.22. The molecule has 0 spiro atoms. The molecule has 17 heavy (non-hydrogen) atoms. The summed E-state index contributed by atoms with van der Waals surface area (Å²) in [5.41, 5.74) is 9.82. The lowest BCUT2D eigenvalue weighted by atomic mass is 10.1. The molecule has 84 valence electrons. The van der Waals surface area contributed by atoms with Crippen molar-refractivity contribution in [2.75, 3.05) is 11.1 Å². The summed E-state index contributed by atoms with van der Waals surface area (Å²) in [7, 11) is 0. The molecule has 0 aliphatic heterocycles. The van der Waals surface area contributed by atoms with Crippen molar-refractivity contribution in [3.8, 4) is 6.07 Å². The Bertz CT molecular complexity index is 582. The standard InChI is InChI=1S/C14H13N3/c1-10-5-6-11(9-15)14(7-10)17-13-4-2-3-12(16)8-13/h2-8,17H,16H2,1H3. The van der Waals surface area contributed by atoms with Crippen LogP contribution in [-0.4, -0.2) is 0 Å². The van der Waals surface area contributed by atoms with Crippen molar-refractivity contribution in [2.24, 2.45) is 0 Å². The summed E-state index contributed by atoms with van der Waals surface area (Å²) in [5.74, 6) is 0. The minimum Gasteiger partial charge on any atom is -0.399 e. The van der Waals surface area contributed by atoms with Gasteiger partial charge in [-0.15, -0.1) is 0 Å². The Balaban J connectivity index is 2.36. The topological polar surface area (TPSA) is 61.8 Å². The fraction of sp³-hybridized carbons (Fsp3) is 0.0714. The molecule has 0 unspecified atom stereocenters. The number of nitrogens with one attached hydrogen (secondary N) is 1. The molecule has 0 atom stereocenters. The van der Waals surface area contributed by atoms with E-state index in [1.165, 1.54) is 0 Å². The van der Waals surface area contributed by atoms with Crippen LogP contribution in [0.3, 0.4) is 0 Å². The molecule has 0 fully saturated rings. The molecule has 2 aromatic rings. The first-order valence-corrected chi connectivity index (χ1v) is 5.32. The first-order chi connectivity index (χ1) is 8.19. The smallest absolute Gasteiger partial charge is 0.101 e. The van der Waals surface area contributed by atoms with Crippen LogP contribution in [-0.2, 0) is 0 Å². The van der Waals surface area contributed by atoms with Crippen molar-refractivity contribution < 1.29 is 0 Å². The molecule has 0 amide bonds. The van der Waals surface area contributed by atoms with Gasteiger partial charge in [0.2, 0.25) is 0 Å². The summed E-state index contributed by atoms with van der Waals surface area (Å²) in [5, 5.41) is 12.2. The fourth-order valence-electron chi connectivity index (χ4n) is 1.63. The number of nitrogens with two attached hydrogens (primary N) is 1. The quantitative estimate of drug-likeness (QED) is 0.768. The first kappa shape index (κ1) is 11.0. The van der Waals surface area contributed by atoms with Crippen LogP contribution in [0.15, 0.2) is 42.5 Å². The summed E-state index contributed by atoms with van der Waals surface area (Å²) in [6, 6.07) is 15.3. The van der Waals surface area contributed by atoms with E-state index in [4.69, 9.17) is 11.0 Å². The third-order valence-electron chi connectivity index (χ3n) is 2.46. The molecule has 0 aliphatic carbocycles. The van der Waals surface area contributed by atoms with E-state index in [2.05, 4.69) is 11.4 Å². The number of rotatable bonds is 2. The second-order valence-electron chi connectivity index (χ2n) is 3.91. The molecule has 2 rings (SSSR count). The van der Waals surface area contributed by atoms with Gasteiger partial charge in [-0.1, -0.05) is 12.1 Å². The van der Waals surface area contributed by atoms with Crippen molar-refractivity contribution in [1.82, 2.24) is 0 Å². The second-order valence-corrected chi connectivity index (χ2v) is 3.91. The van der Waals surface area contributed by atoms with Crippen LogP contribution in [0, 0.1) is 18.3 Å². The maximum Gasteiger partial charge on any atom is 0.101 e. The van der Waals surface area contributed by atoms with Gasteiger partial charge in [-0.25, -0.2) is 0 Å². The zero-order valence-electron chi connectivity index (χ0n) is 9.57. The number of nitrogen functional groups attached to an aromatic ring is 1. The van der Waals surface area contributed by atoms with Gasteiger partial charge in [-0.3, -0.25) is 0 Å². The van der Waals surface area contributed by atoms with Crippen molar-refractivity contribution >= 4 is 17.1 Å². The molecule has 0 saturated heterocycles. The number of nitriles is 1. The van der Waals surface area contributed by atoms with Crippen LogP contribution < -0.4 is 11.1 Å². The van der Waals surface area contributed by atoms with E-state index in [1.54, 1.807) is 0 Å². The Morgan fingerprint density at radius 3 is 2.71 bits per heavy atom. The Morgan fingerprint density at radius 2 is 2.00 bits per heavy atom. The molecule has 3 N–H and O–H groups in total. The molecule has 2 aromatic carbocycles. The third kappa shape index (κ3) is 2.56. The van der Waals surface area contributed by atoms with Gasteiger partial charge < -0.3 is 11.1 Å². The summed E-state index contributed by atoms with van der Waals surface area (Å²) in [6.45, 7) is 1.99. The lowest BCUT2D eigenvalue weighted by molar-refractivity contribution is 1.41. The molecule has 0 bridgehead atoms. The molecule has 0 aromatic heterocycles. The van der Waals surface area contributed by atoms with Gasteiger partial charge in [0, 0.05) is 11.4 Å². The maximum absolute atomic E-state index is 9.03.